The monoisotopic (exact) mass is 858 g/mol. The molecule has 0 aromatic carbocycles. The first-order valence-electron chi connectivity index (χ1n) is 21.9. The van der Waals surface area contributed by atoms with E-state index in [1.807, 2.05) is 0 Å². The fraction of sp³-hybridized carbons (Fsp3) is 0.562. The molecule has 60 heavy (non-hydrogen) atoms. The number of amides is 1. The number of carboxylic acids is 1. The molecule has 3 atom stereocenters. The van der Waals surface area contributed by atoms with Crippen LogP contribution in [0.4, 0.5) is 0 Å². The number of phosphoric acid groups is 1. The van der Waals surface area contributed by atoms with Crippen LogP contribution in [-0.2, 0) is 32.7 Å². The molecule has 0 spiro atoms. The molecular formula is C48H76NO10P. The van der Waals surface area contributed by atoms with Crippen molar-refractivity contribution in [3.63, 3.8) is 0 Å². The van der Waals surface area contributed by atoms with Gasteiger partial charge in [0.15, 0.2) is 6.04 Å². The van der Waals surface area contributed by atoms with Crippen LogP contribution in [0.1, 0.15) is 142 Å². The molecule has 0 aromatic heterocycles. The predicted molar refractivity (Wildman–Crippen MR) is 244 cm³/mol. The molecule has 12 heteroatoms. The number of nitrogens with one attached hydrogen (secondary N) is 1. The summed E-state index contributed by atoms with van der Waals surface area (Å²) in [6.45, 7) is 2.28. The van der Waals surface area contributed by atoms with Crippen LogP contribution in [0.5, 0.6) is 0 Å². The minimum Gasteiger partial charge on any atom is -0.480 e. The number of allylic oxidation sites excluding steroid dienone is 18. The molecule has 0 aliphatic heterocycles. The number of aliphatic hydroxyl groups is 1. The van der Waals surface area contributed by atoms with Crippen LogP contribution in [0.2, 0.25) is 0 Å². The van der Waals surface area contributed by atoms with Crippen molar-refractivity contribution in [1.29, 1.82) is 0 Å². The highest BCUT2D eigenvalue weighted by Crippen LogP contribution is 2.43. The van der Waals surface area contributed by atoms with E-state index in [0.29, 0.717) is 12.8 Å². The average Bonchev–Trinajstić information content (AvgIpc) is 3.22. The number of ether oxygens (including phenoxy) is 1. The normalized spacial score (nSPS) is 14.7. The molecule has 0 radical (unpaired) electrons. The molecule has 3 unspecified atom stereocenters. The SMILES string of the molecule is CC/C=C\C/C=C\C/C=C\C/C=C\C/C=C\CCCCCCCC(=O)NC(COP(=O)(O)OCC(O)COC(=O)CCCC/C=C\C/C=C\C/C=C\C/C=C\CC)C(=O)O. The summed E-state index contributed by atoms with van der Waals surface area (Å²) in [5.41, 5.74) is 0. The molecule has 0 rings (SSSR count). The van der Waals surface area contributed by atoms with Gasteiger partial charge in [0.1, 0.15) is 12.7 Å². The first-order valence-corrected chi connectivity index (χ1v) is 23.4. The van der Waals surface area contributed by atoms with Gasteiger partial charge in [-0.15, -0.1) is 0 Å². The number of esters is 1. The van der Waals surface area contributed by atoms with Crippen LogP contribution in [-0.4, -0.2) is 64.9 Å². The number of aliphatic carboxylic acids is 1. The van der Waals surface area contributed by atoms with Crippen molar-refractivity contribution in [1.82, 2.24) is 5.32 Å². The summed E-state index contributed by atoms with van der Waals surface area (Å²) in [5, 5.41) is 21.8. The Balaban J connectivity index is 4.02. The number of aliphatic hydroxyl groups excluding tert-OH is 1. The highest BCUT2D eigenvalue weighted by molar-refractivity contribution is 7.47. The summed E-state index contributed by atoms with van der Waals surface area (Å²) in [4.78, 5) is 45.9. The Bertz CT molecular complexity index is 1430. The summed E-state index contributed by atoms with van der Waals surface area (Å²) in [7, 11) is -4.78. The molecule has 338 valence electrons. The van der Waals surface area contributed by atoms with Crippen molar-refractivity contribution in [2.75, 3.05) is 19.8 Å². The maximum Gasteiger partial charge on any atom is 0.472 e. The van der Waals surface area contributed by atoms with Crippen molar-refractivity contribution in [3.05, 3.63) is 109 Å². The molecule has 11 nitrogen and oxygen atoms in total. The number of carbonyl (C=O) groups is 3. The van der Waals surface area contributed by atoms with Crippen molar-refractivity contribution < 1.29 is 47.8 Å². The van der Waals surface area contributed by atoms with E-state index < -0.39 is 57.6 Å². The van der Waals surface area contributed by atoms with E-state index in [9.17, 15) is 34.1 Å². The molecule has 0 saturated carbocycles. The largest absolute Gasteiger partial charge is 0.480 e. The Morgan fingerprint density at radius 1 is 0.533 bits per heavy atom. The molecular weight excluding hydrogens is 781 g/mol. The van der Waals surface area contributed by atoms with E-state index >= 15 is 0 Å². The Hall–Kier alpha value is -3.86. The molecule has 0 bridgehead atoms. The van der Waals surface area contributed by atoms with Crippen LogP contribution in [0, 0.1) is 0 Å². The molecule has 0 heterocycles. The Morgan fingerprint density at radius 3 is 1.38 bits per heavy atom. The second-order valence-electron chi connectivity index (χ2n) is 14.1. The zero-order chi connectivity index (χ0) is 44.2. The number of hydrogen-bond acceptors (Lipinski definition) is 8. The van der Waals surface area contributed by atoms with Gasteiger partial charge in [-0.1, -0.05) is 142 Å². The van der Waals surface area contributed by atoms with Gasteiger partial charge < -0.3 is 25.2 Å². The zero-order valence-electron chi connectivity index (χ0n) is 36.5. The topological polar surface area (TPSA) is 169 Å². The van der Waals surface area contributed by atoms with Crippen LogP contribution < -0.4 is 5.32 Å². The fourth-order valence-electron chi connectivity index (χ4n) is 5.21. The van der Waals surface area contributed by atoms with Crippen LogP contribution in [0.3, 0.4) is 0 Å². The standard InChI is InChI=1S/C48H76NO10P/c1-3-5-7-9-11-13-15-17-19-20-21-22-23-24-26-27-29-31-33-35-37-39-46(51)49-45(48(53)54)43-59-60(55,56)58-42-44(50)41-57-47(52)40-38-36-34-32-30-28-25-18-16-14-12-10-8-6-4-2/h5-8,11-14,17-19,21-22,24-26,30,32,44-45,50H,3-4,9-10,15-16,20,23,27-29,31,33-43H2,1-2H3,(H,49,51)(H,53,54)(H,55,56)/b7-5-,8-6-,13-11-,14-12-,19-17-,22-21-,25-18-,26-24-,32-30-. The number of phosphoric ester groups is 1. The van der Waals surface area contributed by atoms with Crippen molar-refractivity contribution in [2.45, 2.75) is 154 Å². The molecule has 0 fully saturated rings. The first kappa shape index (κ1) is 56.1. The Kier molecular flexibility index (Phi) is 39.2. The smallest absolute Gasteiger partial charge is 0.472 e. The van der Waals surface area contributed by atoms with Gasteiger partial charge in [-0.25, -0.2) is 9.36 Å². The van der Waals surface area contributed by atoms with Gasteiger partial charge in [0.25, 0.3) is 0 Å². The second kappa shape index (κ2) is 41.9. The molecule has 0 aromatic rings. The van der Waals surface area contributed by atoms with Gasteiger partial charge in [-0.2, -0.15) is 0 Å². The highest BCUT2D eigenvalue weighted by Gasteiger charge is 2.28. The van der Waals surface area contributed by atoms with Crippen molar-refractivity contribution >= 4 is 25.7 Å². The molecule has 0 saturated heterocycles. The van der Waals surface area contributed by atoms with Gasteiger partial charge in [-0.05, 0) is 96.3 Å². The minimum atomic E-state index is -4.78. The van der Waals surface area contributed by atoms with Crippen molar-refractivity contribution in [3.8, 4) is 0 Å². The van der Waals surface area contributed by atoms with Crippen LogP contribution in [0.15, 0.2) is 109 Å². The molecule has 0 aliphatic carbocycles. The third-order valence-electron chi connectivity index (χ3n) is 8.56. The lowest BCUT2D eigenvalue weighted by Crippen LogP contribution is -2.43. The summed E-state index contributed by atoms with van der Waals surface area (Å²) >= 11 is 0. The van der Waals surface area contributed by atoms with Gasteiger partial charge in [0, 0.05) is 12.8 Å². The summed E-state index contributed by atoms with van der Waals surface area (Å²) < 4.78 is 26.8. The minimum absolute atomic E-state index is 0.113. The Labute approximate surface area is 361 Å². The third kappa shape index (κ3) is 40.9. The number of unbranched alkanes of at least 4 members (excludes halogenated alkanes) is 7. The lowest BCUT2D eigenvalue weighted by molar-refractivity contribution is -0.147. The van der Waals surface area contributed by atoms with Gasteiger partial charge in [0.05, 0.1) is 13.2 Å². The van der Waals surface area contributed by atoms with E-state index in [-0.39, 0.29) is 12.8 Å². The van der Waals surface area contributed by atoms with Crippen LogP contribution >= 0.6 is 7.82 Å². The third-order valence-corrected chi connectivity index (χ3v) is 9.51. The van der Waals surface area contributed by atoms with Gasteiger partial charge in [-0.3, -0.25) is 18.6 Å². The molecule has 0 aliphatic rings. The van der Waals surface area contributed by atoms with E-state index in [2.05, 4.69) is 129 Å². The number of carboxylic acid groups (broad SMARTS) is 1. The lowest BCUT2D eigenvalue weighted by atomic mass is 10.1. The Morgan fingerprint density at radius 2 is 0.917 bits per heavy atom. The summed E-state index contributed by atoms with van der Waals surface area (Å²) in [5.74, 6) is -2.46. The summed E-state index contributed by atoms with van der Waals surface area (Å²) in [6, 6.07) is -1.57. The fourth-order valence-corrected chi connectivity index (χ4v) is 5.99. The quantitative estimate of drug-likeness (QED) is 0.0202. The highest BCUT2D eigenvalue weighted by atomic mass is 31.2. The maximum atomic E-state index is 12.3. The zero-order valence-corrected chi connectivity index (χ0v) is 37.4. The summed E-state index contributed by atoms with van der Waals surface area (Å²) in [6.07, 6.45) is 54.0. The maximum absolute atomic E-state index is 12.3. The average molecular weight is 858 g/mol. The van der Waals surface area contributed by atoms with E-state index in [4.69, 9.17) is 13.8 Å². The van der Waals surface area contributed by atoms with E-state index in [1.165, 1.54) is 0 Å². The number of hydrogen-bond donors (Lipinski definition) is 4. The second-order valence-corrected chi connectivity index (χ2v) is 15.6. The van der Waals surface area contributed by atoms with E-state index in [0.717, 1.165) is 103 Å². The van der Waals surface area contributed by atoms with Gasteiger partial charge >= 0.3 is 19.8 Å². The lowest BCUT2D eigenvalue weighted by Gasteiger charge is -2.18. The number of rotatable bonds is 39. The first-order chi connectivity index (χ1) is 29.1. The van der Waals surface area contributed by atoms with Crippen molar-refractivity contribution in [2.24, 2.45) is 0 Å². The number of carbonyl (C=O) groups excluding carboxylic acids is 2. The molecule has 4 N–H and O–H groups in total. The van der Waals surface area contributed by atoms with E-state index in [1.54, 1.807) is 0 Å². The predicted octanol–water partition coefficient (Wildman–Crippen LogP) is 11.4. The van der Waals surface area contributed by atoms with Gasteiger partial charge in [0.2, 0.25) is 5.91 Å². The molecule has 1 amide bonds. The van der Waals surface area contributed by atoms with Crippen LogP contribution in [0.25, 0.3) is 0 Å².